The molecule has 1 aliphatic rings. The number of rotatable bonds is 0. The highest BCUT2D eigenvalue weighted by Gasteiger charge is 2.37. The van der Waals surface area contributed by atoms with E-state index in [2.05, 4.69) is 53.4 Å². The van der Waals surface area contributed by atoms with Crippen LogP contribution in [-0.4, -0.2) is 17.0 Å². The lowest BCUT2D eigenvalue weighted by atomic mass is 9.87. The zero-order chi connectivity index (χ0) is 10.4. The molecule has 0 radical (unpaired) electrons. The largest absolute Gasteiger partial charge is 0.369 e. The average molecular weight is 181 g/mol. The maximum absolute atomic E-state index is 2.52. The van der Waals surface area contributed by atoms with Gasteiger partial charge in [-0.3, -0.25) is 0 Å². The van der Waals surface area contributed by atoms with Gasteiger partial charge in [-0.25, -0.2) is 0 Å². The molecule has 76 valence electrons. The Morgan fingerprint density at radius 3 is 1.77 bits per heavy atom. The number of hydrogen-bond donors (Lipinski definition) is 0. The van der Waals surface area contributed by atoms with Gasteiger partial charge in [0.15, 0.2) is 0 Å². The molecule has 0 atom stereocenters. The van der Waals surface area contributed by atoms with Crippen molar-refractivity contribution in [3.05, 3.63) is 11.3 Å². The predicted molar refractivity (Wildman–Crippen MR) is 58.6 cm³/mol. The van der Waals surface area contributed by atoms with Crippen molar-refractivity contribution >= 4 is 0 Å². The van der Waals surface area contributed by atoms with E-state index in [1.807, 2.05) is 0 Å². The second kappa shape index (κ2) is 2.76. The molecular weight excluding hydrogens is 158 g/mol. The molecule has 1 aliphatic heterocycles. The second-order valence-electron chi connectivity index (χ2n) is 5.85. The van der Waals surface area contributed by atoms with E-state index in [0.717, 1.165) is 6.54 Å². The van der Waals surface area contributed by atoms with E-state index in [0.29, 0.717) is 5.41 Å². The molecule has 1 heterocycles. The Kier molecular flexibility index (Phi) is 2.26. The molecule has 0 aromatic carbocycles. The maximum Gasteiger partial charge on any atom is 0.0315 e. The normalized spacial score (nSPS) is 22.8. The smallest absolute Gasteiger partial charge is 0.0315 e. The highest BCUT2D eigenvalue weighted by Crippen LogP contribution is 2.40. The fourth-order valence-corrected chi connectivity index (χ4v) is 2.06. The molecule has 0 bridgehead atoms. The first kappa shape index (κ1) is 10.6. The lowest BCUT2D eigenvalue weighted by molar-refractivity contribution is 0.170. The molecule has 0 spiro atoms. The van der Waals surface area contributed by atoms with E-state index < -0.39 is 0 Å². The van der Waals surface area contributed by atoms with Gasteiger partial charge in [0, 0.05) is 23.2 Å². The minimum Gasteiger partial charge on any atom is -0.369 e. The summed E-state index contributed by atoms with van der Waals surface area (Å²) in [5.41, 5.74) is 3.64. The summed E-state index contributed by atoms with van der Waals surface area (Å²) in [6.07, 6.45) is 0. The van der Waals surface area contributed by atoms with Gasteiger partial charge in [0.2, 0.25) is 0 Å². The van der Waals surface area contributed by atoms with Gasteiger partial charge in [-0.2, -0.15) is 0 Å². The van der Waals surface area contributed by atoms with Gasteiger partial charge < -0.3 is 4.90 Å². The third-order valence-electron chi connectivity index (χ3n) is 3.33. The predicted octanol–water partition coefficient (Wildman–Crippen LogP) is 3.42. The summed E-state index contributed by atoms with van der Waals surface area (Å²) in [5.74, 6) is 0. The monoisotopic (exact) mass is 181 g/mol. The Morgan fingerprint density at radius 1 is 1.15 bits per heavy atom. The zero-order valence-electron chi connectivity index (χ0n) is 10.2. The first-order valence-corrected chi connectivity index (χ1v) is 5.12. The lowest BCUT2D eigenvalue weighted by Gasteiger charge is -2.36. The fourth-order valence-electron chi connectivity index (χ4n) is 2.06. The summed E-state index contributed by atoms with van der Waals surface area (Å²) in [4.78, 5) is 2.52. The Bertz CT molecular complexity index is 240. The third kappa shape index (κ3) is 1.74. The molecule has 0 saturated heterocycles. The van der Waals surface area contributed by atoms with Crippen LogP contribution in [0.3, 0.4) is 0 Å². The van der Waals surface area contributed by atoms with E-state index in [1.165, 1.54) is 5.70 Å². The van der Waals surface area contributed by atoms with Crippen LogP contribution in [0.15, 0.2) is 11.3 Å². The van der Waals surface area contributed by atoms with Crippen LogP contribution in [-0.2, 0) is 0 Å². The van der Waals surface area contributed by atoms with Gasteiger partial charge in [0.05, 0.1) is 0 Å². The number of allylic oxidation sites excluding steroid dienone is 1. The Morgan fingerprint density at radius 2 is 1.62 bits per heavy atom. The van der Waals surface area contributed by atoms with E-state index in [1.54, 1.807) is 5.57 Å². The van der Waals surface area contributed by atoms with Gasteiger partial charge in [-0.05, 0) is 40.2 Å². The summed E-state index contributed by atoms with van der Waals surface area (Å²) >= 11 is 0. The lowest BCUT2D eigenvalue weighted by Crippen LogP contribution is -2.40. The Hall–Kier alpha value is -0.460. The van der Waals surface area contributed by atoms with Crippen molar-refractivity contribution in [1.29, 1.82) is 0 Å². The van der Waals surface area contributed by atoms with Gasteiger partial charge in [0.1, 0.15) is 0 Å². The molecular formula is C12H23N. The van der Waals surface area contributed by atoms with E-state index in [4.69, 9.17) is 0 Å². The first-order valence-electron chi connectivity index (χ1n) is 5.12. The van der Waals surface area contributed by atoms with Gasteiger partial charge >= 0.3 is 0 Å². The summed E-state index contributed by atoms with van der Waals surface area (Å²) in [6.45, 7) is 17.2. The van der Waals surface area contributed by atoms with E-state index in [-0.39, 0.29) is 5.54 Å². The molecule has 0 fully saturated rings. The van der Waals surface area contributed by atoms with E-state index in [9.17, 15) is 0 Å². The summed E-state index contributed by atoms with van der Waals surface area (Å²) in [5, 5.41) is 0. The molecule has 0 N–H and O–H groups in total. The minimum atomic E-state index is 0.263. The van der Waals surface area contributed by atoms with Crippen molar-refractivity contribution in [2.24, 2.45) is 5.41 Å². The molecule has 0 aliphatic carbocycles. The second-order valence-corrected chi connectivity index (χ2v) is 5.85. The van der Waals surface area contributed by atoms with Crippen molar-refractivity contribution < 1.29 is 0 Å². The van der Waals surface area contributed by atoms with Gasteiger partial charge in [-0.15, -0.1) is 0 Å². The average Bonchev–Trinajstić information content (AvgIpc) is 2.12. The number of nitrogens with zero attached hydrogens (tertiary/aromatic N) is 1. The zero-order valence-corrected chi connectivity index (χ0v) is 10.2. The Labute approximate surface area is 82.8 Å². The molecule has 13 heavy (non-hydrogen) atoms. The quantitative estimate of drug-likeness (QED) is 0.553. The van der Waals surface area contributed by atoms with Crippen molar-refractivity contribution in [2.45, 2.75) is 54.0 Å². The molecule has 0 saturated carbocycles. The molecule has 0 aromatic rings. The van der Waals surface area contributed by atoms with Crippen molar-refractivity contribution in [3.63, 3.8) is 0 Å². The van der Waals surface area contributed by atoms with Crippen LogP contribution in [0.4, 0.5) is 0 Å². The summed E-state index contributed by atoms with van der Waals surface area (Å²) in [7, 11) is 0. The van der Waals surface area contributed by atoms with Crippen molar-refractivity contribution in [2.75, 3.05) is 6.54 Å². The molecule has 1 rings (SSSR count). The van der Waals surface area contributed by atoms with Crippen LogP contribution in [0, 0.1) is 5.41 Å². The molecule has 0 aromatic heterocycles. The third-order valence-corrected chi connectivity index (χ3v) is 3.33. The standard InChI is InChI=1S/C12H23N/c1-9-10(2)13(11(3,4)5)8-12(9,6)7/h8H2,1-7H3. The molecule has 1 nitrogen and oxygen atoms in total. The van der Waals surface area contributed by atoms with Crippen LogP contribution < -0.4 is 0 Å². The molecule has 0 amide bonds. The number of hydrogen-bond acceptors (Lipinski definition) is 1. The van der Waals surface area contributed by atoms with Crippen molar-refractivity contribution in [1.82, 2.24) is 4.90 Å². The van der Waals surface area contributed by atoms with Gasteiger partial charge in [0.25, 0.3) is 0 Å². The minimum absolute atomic E-state index is 0.263. The highest BCUT2D eigenvalue weighted by molar-refractivity contribution is 5.25. The van der Waals surface area contributed by atoms with Crippen LogP contribution in [0.1, 0.15) is 48.5 Å². The van der Waals surface area contributed by atoms with E-state index >= 15 is 0 Å². The van der Waals surface area contributed by atoms with Crippen LogP contribution >= 0.6 is 0 Å². The molecule has 0 unspecified atom stereocenters. The summed E-state index contributed by atoms with van der Waals surface area (Å²) in [6, 6.07) is 0. The molecule has 1 heteroatoms. The maximum atomic E-state index is 2.52. The summed E-state index contributed by atoms with van der Waals surface area (Å²) < 4.78 is 0. The Balaban J connectivity index is 3.01. The fraction of sp³-hybridized carbons (Fsp3) is 0.833. The van der Waals surface area contributed by atoms with Crippen molar-refractivity contribution in [3.8, 4) is 0 Å². The highest BCUT2D eigenvalue weighted by atomic mass is 15.2. The van der Waals surface area contributed by atoms with Gasteiger partial charge in [-0.1, -0.05) is 13.8 Å². The van der Waals surface area contributed by atoms with Crippen LogP contribution in [0.5, 0.6) is 0 Å². The topological polar surface area (TPSA) is 3.24 Å². The first-order chi connectivity index (χ1) is 5.66. The van der Waals surface area contributed by atoms with Crippen LogP contribution in [0.2, 0.25) is 0 Å². The van der Waals surface area contributed by atoms with Crippen LogP contribution in [0.25, 0.3) is 0 Å². The SMILES string of the molecule is CC1=C(C)C(C)(C)CN1C(C)(C)C.